The van der Waals surface area contributed by atoms with Crippen molar-refractivity contribution >= 4 is 11.7 Å². The monoisotopic (exact) mass is 711 g/mol. The molecule has 2 saturated carbocycles. The van der Waals surface area contributed by atoms with Gasteiger partial charge in [-0.15, -0.1) is 6.58 Å². The second-order valence-corrected chi connectivity index (χ2v) is 18.5. The van der Waals surface area contributed by atoms with Gasteiger partial charge in [0.15, 0.2) is 11.5 Å². The third-order valence-electron chi connectivity index (χ3n) is 15.4. The molecule has 5 aliphatic heterocycles. The van der Waals surface area contributed by atoms with Crippen LogP contribution < -0.4 is 10.1 Å². The molecule has 0 radical (unpaired) electrons. The minimum atomic E-state index is -2.56. The van der Waals surface area contributed by atoms with E-state index in [-0.39, 0.29) is 58.5 Å². The molecule has 0 aromatic heterocycles. The number of amides is 1. The molecule has 4 N–H and O–H groups in total. The number of aliphatic hydroxyl groups excluding tert-OH is 1. The summed E-state index contributed by atoms with van der Waals surface area (Å²) in [6.45, 7) is 20.9. The highest BCUT2D eigenvalue weighted by molar-refractivity contribution is 6.05. The van der Waals surface area contributed by atoms with Crippen molar-refractivity contribution in [1.29, 1.82) is 0 Å². The SMILES string of the molecule is C=C[C@@]1(C)C=C(C)[C@@H]2[C@@H]3[C@H](Oc4ccc(cc4)C[C@]45NC(=O)/C(=C(\O)[C@H]31)[C@H]4[C@@H]1C(=O)C(C)=C3[C@H](C)[C@@H](C)O[C@@]3(O)[C@]1(O)O5)[C@@H]1[C@@H](C)C[C@@H](C)C[C@]12C. The van der Waals surface area contributed by atoms with E-state index in [0.717, 1.165) is 24.2 Å². The minimum absolute atomic E-state index is 0.00759. The first-order chi connectivity index (χ1) is 24.4. The number of allylic oxidation sites excluding steroid dienone is 5. The zero-order chi connectivity index (χ0) is 37.2. The summed E-state index contributed by atoms with van der Waals surface area (Å²) in [6, 6.07) is 7.75. The molecule has 1 amide bonds. The van der Waals surface area contributed by atoms with Gasteiger partial charge in [-0.05, 0) is 80.1 Å². The van der Waals surface area contributed by atoms with Crippen molar-refractivity contribution in [2.75, 3.05) is 0 Å². The van der Waals surface area contributed by atoms with Gasteiger partial charge in [-0.25, -0.2) is 0 Å². The Balaban J connectivity index is 1.33. The molecule has 16 atom stereocenters. The topological polar surface area (TPSA) is 135 Å². The lowest BCUT2D eigenvalue weighted by Crippen LogP contribution is -2.65. The summed E-state index contributed by atoms with van der Waals surface area (Å²) in [6.07, 6.45) is 5.38. The van der Waals surface area contributed by atoms with Gasteiger partial charge in [0.25, 0.3) is 5.91 Å². The van der Waals surface area contributed by atoms with E-state index in [9.17, 15) is 24.9 Å². The molecule has 1 aromatic rings. The maximum Gasteiger partial charge on any atom is 0.253 e. The van der Waals surface area contributed by atoms with E-state index in [1.807, 2.05) is 44.2 Å². The maximum absolute atomic E-state index is 14.7. The van der Waals surface area contributed by atoms with E-state index < -0.39 is 58.3 Å². The Morgan fingerprint density at radius 2 is 1.67 bits per heavy atom. The average Bonchev–Trinajstić information content (AvgIpc) is 3.66. The van der Waals surface area contributed by atoms with Crippen LogP contribution in [-0.4, -0.2) is 56.5 Å². The van der Waals surface area contributed by atoms with Crippen LogP contribution in [0.2, 0.25) is 0 Å². The molecule has 9 heteroatoms. The van der Waals surface area contributed by atoms with Crippen LogP contribution in [0, 0.1) is 64.1 Å². The summed E-state index contributed by atoms with van der Waals surface area (Å²) in [4.78, 5) is 29.4. The van der Waals surface area contributed by atoms with Gasteiger partial charge in [0.05, 0.1) is 23.5 Å². The van der Waals surface area contributed by atoms with Crippen molar-refractivity contribution in [2.24, 2.45) is 64.1 Å². The number of hydrogen-bond donors (Lipinski definition) is 4. The van der Waals surface area contributed by atoms with Crippen LogP contribution in [-0.2, 0) is 25.5 Å². The van der Waals surface area contributed by atoms with Crippen LogP contribution in [0.5, 0.6) is 5.75 Å². The van der Waals surface area contributed by atoms with E-state index >= 15 is 0 Å². The standard InChI is InChI=1S/C43H53NO8/c1-10-39(8)17-21(4)29-27-33(39)36(46)28-32-34-35(45)23(6)31-22(5)24(7)51-42(31,48)43(34,49)52-41(32,44-38(28)47)18-25-11-13-26(14-12-25)50-37(27)30-20(3)15-19(2)16-40(29,30)9/h10-14,17,19-20,22,24,27,29-30,32-34,37,46,48-49H,1,15-16,18H2,2-9H3,(H,44,47)/b36-28-/t19-,20+,22-,24-,27+,29-,30+,32+,33+,34-,37+,39+,40+,41-,42-,43-/m1/s1. The van der Waals surface area contributed by atoms with E-state index in [2.05, 4.69) is 45.7 Å². The predicted octanol–water partition coefficient (Wildman–Crippen LogP) is 5.93. The molecule has 5 fully saturated rings. The maximum atomic E-state index is 14.7. The van der Waals surface area contributed by atoms with Gasteiger partial charge in [-0.1, -0.05) is 64.5 Å². The summed E-state index contributed by atoms with van der Waals surface area (Å²) in [7, 11) is 0. The highest BCUT2D eigenvalue weighted by Gasteiger charge is 2.81. The van der Waals surface area contributed by atoms with Crippen LogP contribution in [0.15, 0.2) is 71.0 Å². The molecule has 0 spiro atoms. The number of ketones is 1. The number of benzene rings is 1. The first-order valence-corrected chi connectivity index (χ1v) is 19.3. The largest absolute Gasteiger partial charge is 0.511 e. The molecule has 9 aliphatic rings. The Labute approximate surface area is 306 Å². The number of carbonyl (C=O) groups excluding carboxylic acids is 2. The first-order valence-electron chi connectivity index (χ1n) is 19.3. The Bertz CT molecular complexity index is 1910. The molecule has 1 aromatic carbocycles. The number of fused-ring (bicyclic) bond motifs is 7. The smallest absolute Gasteiger partial charge is 0.253 e. The number of ether oxygens (including phenoxy) is 3. The molecular formula is C43H53NO8. The summed E-state index contributed by atoms with van der Waals surface area (Å²) in [5.74, 6) is -8.18. The highest BCUT2D eigenvalue weighted by atomic mass is 16.7. The van der Waals surface area contributed by atoms with Crippen LogP contribution in [0.3, 0.4) is 0 Å². The lowest BCUT2D eigenvalue weighted by molar-refractivity contribution is -0.379. The van der Waals surface area contributed by atoms with Gasteiger partial charge in [-0.3, -0.25) is 9.59 Å². The Kier molecular flexibility index (Phi) is 6.97. The zero-order valence-electron chi connectivity index (χ0n) is 31.5. The van der Waals surface area contributed by atoms with Crippen molar-refractivity contribution in [1.82, 2.24) is 5.32 Å². The lowest BCUT2D eigenvalue weighted by Gasteiger charge is -2.50. The number of hydrogen-bond acceptors (Lipinski definition) is 8. The third kappa shape index (κ3) is 3.93. The molecule has 5 heterocycles. The van der Waals surface area contributed by atoms with E-state index in [4.69, 9.17) is 14.2 Å². The molecule has 4 aliphatic carbocycles. The number of nitrogens with one attached hydrogen (secondary N) is 1. The third-order valence-corrected chi connectivity index (χ3v) is 15.4. The molecular weight excluding hydrogens is 658 g/mol. The number of Topliss-reactive ketones (excluding diaryl/α,β-unsaturated/α-hetero) is 1. The second-order valence-electron chi connectivity index (χ2n) is 18.5. The van der Waals surface area contributed by atoms with Gasteiger partial charge in [0.1, 0.15) is 17.6 Å². The summed E-state index contributed by atoms with van der Waals surface area (Å²) in [5.41, 5.74) is -0.0773. The van der Waals surface area contributed by atoms with Gasteiger partial charge < -0.3 is 34.8 Å². The summed E-state index contributed by atoms with van der Waals surface area (Å²) < 4.78 is 20.0. The normalized spacial score (nSPS) is 53.0. The molecule has 10 rings (SSSR count). The van der Waals surface area contributed by atoms with Crippen molar-refractivity contribution in [2.45, 2.75) is 104 Å². The fraction of sp³-hybridized carbons (Fsp3) is 0.628. The fourth-order valence-corrected chi connectivity index (χ4v) is 13.8. The van der Waals surface area contributed by atoms with Crippen molar-refractivity contribution < 1.29 is 39.1 Å². The zero-order valence-corrected chi connectivity index (χ0v) is 31.5. The van der Waals surface area contributed by atoms with E-state index in [1.54, 1.807) is 13.8 Å². The van der Waals surface area contributed by atoms with Crippen LogP contribution in [0.25, 0.3) is 0 Å². The molecule has 4 bridgehead atoms. The Morgan fingerprint density at radius 1 is 0.981 bits per heavy atom. The molecule has 278 valence electrons. The van der Waals surface area contributed by atoms with Gasteiger partial charge in [-0.2, -0.15) is 0 Å². The first kappa shape index (κ1) is 34.5. The van der Waals surface area contributed by atoms with Gasteiger partial charge in [0.2, 0.25) is 11.6 Å². The van der Waals surface area contributed by atoms with E-state index in [1.165, 1.54) is 5.57 Å². The van der Waals surface area contributed by atoms with Crippen molar-refractivity contribution in [3.63, 3.8) is 0 Å². The number of rotatable bonds is 1. The molecule has 9 nitrogen and oxygen atoms in total. The molecule has 3 saturated heterocycles. The second kappa shape index (κ2) is 10.5. The van der Waals surface area contributed by atoms with Crippen LogP contribution >= 0.6 is 0 Å². The van der Waals surface area contributed by atoms with Gasteiger partial charge in [0, 0.05) is 41.1 Å². The molecule has 52 heavy (non-hydrogen) atoms. The van der Waals surface area contributed by atoms with Crippen LogP contribution in [0.1, 0.15) is 73.8 Å². The summed E-state index contributed by atoms with van der Waals surface area (Å²) >= 11 is 0. The quantitative estimate of drug-likeness (QED) is 0.264. The highest BCUT2D eigenvalue weighted by Crippen LogP contribution is 2.70. The average molecular weight is 712 g/mol. The minimum Gasteiger partial charge on any atom is -0.511 e. The fourth-order valence-electron chi connectivity index (χ4n) is 13.8. The van der Waals surface area contributed by atoms with Crippen molar-refractivity contribution in [3.05, 3.63) is 76.6 Å². The van der Waals surface area contributed by atoms with Gasteiger partial charge >= 0.3 is 0 Å². The Morgan fingerprint density at radius 3 is 2.35 bits per heavy atom. The number of aliphatic hydroxyl groups is 3. The van der Waals surface area contributed by atoms with Crippen LogP contribution in [0.4, 0.5) is 0 Å². The lowest BCUT2D eigenvalue weighted by atomic mass is 9.53. The summed E-state index contributed by atoms with van der Waals surface area (Å²) in [5, 5.41) is 41.3. The number of carbonyl (C=O) groups is 2. The Hall–Kier alpha value is -3.24. The van der Waals surface area contributed by atoms with E-state index in [0.29, 0.717) is 17.4 Å². The predicted molar refractivity (Wildman–Crippen MR) is 192 cm³/mol. The van der Waals surface area contributed by atoms with Crippen molar-refractivity contribution in [3.8, 4) is 5.75 Å². The molecule has 0 unspecified atom stereocenters.